The van der Waals surface area contributed by atoms with Gasteiger partial charge in [0.15, 0.2) is 0 Å². The van der Waals surface area contributed by atoms with Crippen LogP contribution in [0.15, 0.2) is 71.8 Å². The largest absolute Gasteiger partial charge is 0.423 e. The molecule has 0 heterocycles. The standard InChI is InChI=1S/C23H20O4/c1-14-5-3-7-18(11-14)26-22(24)20-16-9-10-17(13-16)21(20)23(25)27-19-8-4-6-15(2)12-19/h3-12,16-17H,13H2,1-2H3. The van der Waals surface area contributed by atoms with Crippen molar-refractivity contribution in [2.45, 2.75) is 20.3 Å². The van der Waals surface area contributed by atoms with E-state index in [1.54, 1.807) is 24.3 Å². The molecule has 2 aromatic carbocycles. The molecule has 0 aliphatic heterocycles. The fraction of sp³-hybridized carbons (Fsp3) is 0.217. The maximum absolute atomic E-state index is 12.8. The van der Waals surface area contributed by atoms with Crippen LogP contribution in [0.2, 0.25) is 0 Å². The van der Waals surface area contributed by atoms with Crippen LogP contribution in [0.5, 0.6) is 11.5 Å². The maximum Gasteiger partial charge on any atom is 0.340 e. The first-order valence-electron chi connectivity index (χ1n) is 9.01. The van der Waals surface area contributed by atoms with Gasteiger partial charge in [-0.3, -0.25) is 0 Å². The van der Waals surface area contributed by atoms with E-state index in [2.05, 4.69) is 0 Å². The average Bonchev–Trinajstić information content (AvgIpc) is 3.23. The van der Waals surface area contributed by atoms with Crippen molar-refractivity contribution in [3.05, 3.63) is 83.0 Å². The van der Waals surface area contributed by atoms with E-state index in [0.717, 1.165) is 17.5 Å². The molecule has 27 heavy (non-hydrogen) atoms. The summed E-state index contributed by atoms with van der Waals surface area (Å²) in [6.45, 7) is 3.86. The van der Waals surface area contributed by atoms with Gasteiger partial charge in [-0.2, -0.15) is 0 Å². The van der Waals surface area contributed by atoms with Crippen molar-refractivity contribution in [1.29, 1.82) is 0 Å². The number of esters is 2. The quantitative estimate of drug-likeness (QED) is 0.463. The minimum atomic E-state index is -0.478. The number of fused-ring (bicyclic) bond motifs is 2. The van der Waals surface area contributed by atoms with Crippen LogP contribution in [0.3, 0.4) is 0 Å². The average molecular weight is 360 g/mol. The van der Waals surface area contributed by atoms with Gasteiger partial charge in [0.05, 0.1) is 11.1 Å². The highest BCUT2D eigenvalue weighted by molar-refractivity contribution is 6.04. The Labute approximate surface area is 158 Å². The summed E-state index contributed by atoms with van der Waals surface area (Å²) in [5.41, 5.74) is 2.84. The molecule has 0 saturated carbocycles. The van der Waals surface area contributed by atoms with Crippen molar-refractivity contribution in [1.82, 2.24) is 0 Å². The zero-order valence-electron chi connectivity index (χ0n) is 15.3. The fourth-order valence-corrected chi connectivity index (χ4v) is 3.73. The molecule has 2 aliphatic rings. The van der Waals surface area contributed by atoms with Gasteiger partial charge < -0.3 is 9.47 Å². The third-order valence-corrected chi connectivity index (χ3v) is 4.96. The first-order chi connectivity index (χ1) is 13.0. The molecule has 0 N–H and O–H groups in total. The molecule has 0 saturated heterocycles. The summed E-state index contributed by atoms with van der Waals surface area (Å²) < 4.78 is 11.1. The van der Waals surface area contributed by atoms with Crippen molar-refractivity contribution in [3.8, 4) is 11.5 Å². The van der Waals surface area contributed by atoms with Gasteiger partial charge in [0.2, 0.25) is 0 Å². The summed E-state index contributed by atoms with van der Waals surface area (Å²) >= 11 is 0. The number of hydrogen-bond acceptors (Lipinski definition) is 4. The predicted octanol–water partition coefficient (Wildman–Crippen LogP) is 4.32. The van der Waals surface area contributed by atoms with Crippen LogP contribution < -0.4 is 9.47 Å². The van der Waals surface area contributed by atoms with Crippen LogP contribution in [0.25, 0.3) is 0 Å². The topological polar surface area (TPSA) is 52.6 Å². The second-order valence-corrected chi connectivity index (χ2v) is 7.07. The molecule has 0 radical (unpaired) electrons. The van der Waals surface area contributed by atoms with Gasteiger partial charge in [0, 0.05) is 11.8 Å². The molecule has 2 aliphatic carbocycles. The van der Waals surface area contributed by atoms with E-state index in [9.17, 15) is 9.59 Å². The normalized spacial score (nSPS) is 20.1. The summed E-state index contributed by atoms with van der Waals surface area (Å²) in [5.74, 6) is -0.182. The lowest BCUT2D eigenvalue weighted by atomic mass is 9.97. The molecule has 0 amide bonds. The van der Waals surface area contributed by atoms with Gasteiger partial charge in [-0.05, 0) is 55.7 Å². The lowest BCUT2D eigenvalue weighted by Gasteiger charge is -2.15. The van der Waals surface area contributed by atoms with Gasteiger partial charge in [0.25, 0.3) is 0 Å². The van der Waals surface area contributed by atoms with Crippen LogP contribution in [-0.4, -0.2) is 11.9 Å². The number of hydrogen-bond donors (Lipinski definition) is 0. The van der Waals surface area contributed by atoms with E-state index in [4.69, 9.17) is 9.47 Å². The van der Waals surface area contributed by atoms with Gasteiger partial charge in [-0.15, -0.1) is 0 Å². The number of allylic oxidation sites excluding steroid dienone is 2. The van der Waals surface area contributed by atoms with Crippen molar-refractivity contribution in [3.63, 3.8) is 0 Å². The van der Waals surface area contributed by atoms with Gasteiger partial charge in [-0.1, -0.05) is 36.4 Å². The van der Waals surface area contributed by atoms with Crippen molar-refractivity contribution >= 4 is 11.9 Å². The van der Waals surface area contributed by atoms with E-state index in [1.165, 1.54) is 0 Å². The summed E-state index contributed by atoms with van der Waals surface area (Å²) in [6.07, 6.45) is 4.67. The van der Waals surface area contributed by atoms with Crippen molar-refractivity contribution in [2.24, 2.45) is 11.8 Å². The third-order valence-electron chi connectivity index (χ3n) is 4.96. The molecule has 2 unspecified atom stereocenters. The first kappa shape index (κ1) is 17.3. The zero-order valence-corrected chi connectivity index (χ0v) is 15.3. The molecule has 136 valence electrons. The molecular formula is C23H20O4. The van der Waals surface area contributed by atoms with Crippen LogP contribution in [0.4, 0.5) is 0 Å². The lowest BCUT2D eigenvalue weighted by molar-refractivity contribution is -0.133. The van der Waals surface area contributed by atoms with Crippen molar-refractivity contribution < 1.29 is 19.1 Å². The smallest absolute Gasteiger partial charge is 0.340 e. The highest BCUT2D eigenvalue weighted by atomic mass is 16.5. The van der Waals surface area contributed by atoms with E-state index < -0.39 is 11.9 Å². The number of aryl methyl sites for hydroxylation is 2. The monoisotopic (exact) mass is 360 g/mol. The molecule has 0 aromatic heterocycles. The van der Waals surface area contributed by atoms with Crippen LogP contribution in [0, 0.1) is 25.7 Å². The lowest BCUT2D eigenvalue weighted by Crippen LogP contribution is -2.22. The van der Waals surface area contributed by atoms with Gasteiger partial charge >= 0.3 is 11.9 Å². The molecule has 4 nitrogen and oxygen atoms in total. The summed E-state index contributed by atoms with van der Waals surface area (Å²) in [6, 6.07) is 14.6. The second-order valence-electron chi connectivity index (χ2n) is 7.07. The molecule has 4 rings (SSSR count). The molecule has 4 heteroatoms. The number of ether oxygens (including phenoxy) is 2. The molecule has 2 bridgehead atoms. The first-order valence-corrected chi connectivity index (χ1v) is 9.01. The molecular weight excluding hydrogens is 340 g/mol. The zero-order chi connectivity index (χ0) is 19.0. The van der Waals surface area contributed by atoms with E-state index in [-0.39, 0.29) is 11.8 Å². The predicted molar refractivity (Wildman–Crippen MR) is 101 cm³/mol. The van der Waals surface area contributed by atoms with E-state index >= 15 is 0 Å². The minimum Gasteiger partial charge on any atom is -0.423 e. The number of rotatable bonds is 4. The Morgan fingerprint density at radius 2 is 1.22 bits per heavy atom. The molecule has 2 aromatic rings. The summed E-state index contributed by atoms with van der Waals surface area (Å²) in [5, 5.41) is 0. The van der Waals surface area contributed by atoms with Crippen LogP contribution >= 0.6 is 0 Å². The van der Waals surface area contributed by atoms with E-state index in [1.807, 2.05) is 50.3 Å². The van der Waals surface area contributed by atoms with Gasteiger partial charge in [0.1, 0.15) is 11.5 Å². The van der Waals surface area contributed by atoms with E-state index in [0.29, 0.717) is 22.6 Å². The highest BCUT2D eigenvalue weighted by Gasteiger charge is 2.43. The van der Waals surface area contributed by atoms with Gasteiger partial charge in [-0.25, -0.2) is 9.59 Å². The summed E-state index contributed by atoms with van der Waals surface area (Å²) in [7, 11) is 0. The number of carbonyl (C=O) groups excluding carboxylic acids is 2. The Bertz CT molecular complexity index is 906. The van der Waals surface area contributed by atoms with Crippen LogP contribution in [-0.2, 0) is 9.59 Å². The van der Waals surface area contributed by atoms with Crippen molar-refractivity contribution in [2.75, 3.05) is 0 Å². The number of carbonyl (C=O) groups is 2. The minimum absolute atomic E-state index is 0.0904. The SMILES string of the molecule is Cc1cccc(OC(=O)C2=C(C(=O)Oc3cccc(C)c3)C3C=CC2C3)c1. The van der Waals surface area contributed by atoms with Crippen LogP contribution in [0.1, 0.15) is 17.5 Å². The third kappa shape index (κ3) is 3.43. The number of benzene rings is 2. The summed E-state index contributed by atoms with van der Waals surface area (Å²) in [4.78, 5) is 25.6. The molecule has 2 atom stereocenters. The Balaban J connectivity index is 1.60. The molecule has 0 fully saturated rings. The Morgan fingerprint density at radius 1 is 0.778 bits per heavy atom. The highest BCUT2D eigenvalue weighted by Crippen LogP contribution is 2.45. The molecule has 0 spiro atoms. The second kappa shape index (κ2) is 6.88. The Morgan fingerprint density at radius 3 is 1.63 bits per heavy atom. The maximum atomic E-state index is 12.8. The Kier molecular flexibility index (Phi) is 4.40. The Hall–Kier alpha value is -3.14. The fourth-order valence-electron chi connectivity index (χ4n) is 3.73.